The molecule has 0 aliphatic heterocycles. The van der Waals surface area contributed by atoms with Gasteiger partial charge in [0.1, 0.15) is 5.75 Å². The predicted octanol–water partition coefficient (Wildman–Crippen LogP) is 3.78. The van der Waals surface area contributed by atoms with Crippen LogP contribution in [0.5, 0.6) is 5.75 Å². The number of rotatable bonds is 2. The first-order valence-corrected chi connectivity index (χ1v) is 7.50. The van der Waals surface area contributed by atoms with Crippen molar-refractivity contribution < 1.29 is 18.7 Å². The van der Waals surface area contributed by atoms with Gasteiger partial charge in [0.15, 0.2) is 5.69 Å². The molecule has 0 fully saturated rings. The van der Waals surface area contributed by atoms with Crippen LogP contribution in [0.15, 0.2) is 46.9 Å². The van der Waals surface area contributed by atoms with Crippen LogP contribution in [0.25, 0.3) is 11.5 Å². The van der Waals surface area contributed by atoms with Crippen molar-refractivity contribution in [3.63, 3.8) is 0 Å². The number of hydrogen-bond donors (Lipinski definition) is 0. The minimum Gasteiger partial charge on any atom is -0.497 e. The molecule has 24 heavy (non-hydrogen) atoms. The minimum atomic E-state index is -0.354. The zero-order valence-corrected chi connectivity index (χ0v) is 13.3. The van der Waals surface area contributed by atoms with Crippen LogP contribution in [0.3, 0.4) is 0 Å². The fourth-order valence-corrected chi connectivity index (χ4v) is 2.91. The van der Waals surface area contributed by atoms with Crippen molar-refractivity contribution in [2.24, 2.45) is 0 Å². The molecule has 0 radical (unpaired) electrons. The molecular formula is C18H10ClNO4. The second-order valence-electron chi connectivity index (χ2n) is 5.28. The summed E-state index contributed by atoms with van der Waals surface area (Å²) >= 11 is 6.05. The molecule has 0 spiro atoms. The van der Waals surface area contributed by atoms with Crippen molar-refractivity contribution in [2.75, 3.05) is 7.11 Å². The smallest absolute Gasteiger partial charge is 0.231 e. The highest BCUT2D eigenvalue weighted by Gasteiger charge is 2.35. The van der Waals surface area contributed by atoms with Crippen molar-refractivity contribution in [2.45, 2.75) is 0 Å². The van der Waals surface area contributed by atoms with Gasteiger partial charge in [-0.25, -0.2) is 4.98 Å². The molecule has 0 bridgehead atoms. The number of carbonyl (C=O) groups is 2. The molecule has 3 aromatic rings. The van der Waals surface area contributed by atoms with Gasteiger partial charge in [-0.15, -0.1) is 0 Å². The number of aromatic nitrogens is 1. The Morgan fingerprint density at radius 1 is 1.04 bits per heavy atom. The Balaban J connectivity index is 1.88. The Morgan fingerprint density at radius 2 is 1.75 bits per heavy atom. The molecule has 0 atom stereocenters. The second kappa shape index (κ2) is 5.32. The van der Waals surface area contributed by atoms with Gasteiger partial charge in [-0.3, -0.25) is 9.59 Å². The van der Waals surface area contributed by atoms with Gasteiger partial charge < -0.3 is 9.15 Å². The van der Waals surface area contributed by atoms with Gasteiger partial charge in [-0.1, -0.05) is 35.9 Å². The minimum absolute atomic E-state index is 0.0210. The van der Waals surface area contributed by atoms with E-state index >= 15 is 0 Å². The number of halogens is 1. The number of hydrogen-bond acceptors (Lipinski definition) is 5. The monoisotopic (exact) mass is 339 g/mol. The zero-order valence-electron chi connectivity index (χ0n) is 12.5. The Morgan fingerprint density at radius 3 is 2.46 bits per heavy atom. The van der Waals surface area contributed by atoms with Gasteiger partial charge in [0, 0.05) is 21.7 Å². The van der Waals surface area contributed by atoms with Crippen LogP contribution in [0, 0.1) is 0 Å². The lowest BCUT2D eigenvalue weighted by molar-refractivity contribution is 0.0959. The maximum Gasteiger partial charge on any atom is 0.231 e. The molecule has 1 aliphatic rings. The number of carbonyl (C=O) groups excluding carboxylic acids is 2. The number of benzene rings is 2. The summed E-state index contributed by atoms with van der Waals surface area (Å²) in [6.07, 6.45) is 0. The molecule has 4 rings (SSSR count). The van der Waals surface area contributed by atoms with E-state index in [9.17, 15) is 9.59 Å². The lowest BCUT2D eigenvalue weighted by atomic mass is 9.91. The molecule has 0 amide bonds. The van der Waals surface area contributed by atoms with E-state index in [4.69, 9.17) is 20.8 Å². The van der Waals surface area contributed by atoms with E-state index in [0.717, 1.165) is 0 Å². The van der Waals surface area contributed by atoms with E-state index in [0.29, 0.717) is 27.5 Å². The van der Waals surface area contributed by atoms with Crippen molar-refractivity contribution in [1.29, 1.82) is 0 Å². The highest BCUT2D eigenvalue weighted by Crippen LogP contribution is 2.33. The van der Waals surface area contributed by atoms with Crippen LogP contribution in [-0.2, 0) is 0 Å². The maximum absolute atomic E-state index is 12.6. The zero-order chi connectivity index (χ0) is 16.8. The van der Waals surface area contributed by atoms with Gasteiger partial charge in [0.05, 0.1) is 7.11 Å². The third kappa shape index (κ3) is 2.13. The first-order chi connectivity index (χ1) is 11.6. The number of fused-ring (bicyclic) bond motifs is 2. The summed E-state index contributed by atoms with van der Waals surface area (Å²) in [6.45, 7) is 0. The van der Waals surface area contributed by atoms with E-state index < -0.39 is 0 Å². The second-order valence-corrected chi connectivity index (χ2v) is 5.72. The molecule has 1 aliphatic carbocycles. The summed E-state index contributed by atoms with van der Waals surface area (Å²) in [7, 11) is 1.51. The number of ketones is 2. The molecule has 1 heterocycles. The molecule has 0 saturated heterocycles. The van der Waals surface area contributed by atoms with Gasteiger partial charge >= 0.3 is 0 Å². The summed E-state index contributed by atoms with van der Waals surface area (Å²) in [6, 6.07) is 11.6. The normalized spacial score (nSPS) is 12.8. The van der Waals surface area contributed by atoms with Crippen molar-refractivity contribution >= 4 is 23.2 Å². The summed E-state index contributed by atoms with van der Waals surface area (Å²) < 4.78 is 10.8. The van der Waals surface area contributed by atoms with Crippen molar-refractivity contribution in [3.8, 4) is 17.2 Å². The highest BCUT2D eigenvalue weighted by atomic mass is 35.5. The van der Waals surface area contributed by atoms with Crippen LogP contribution in [0.2, 0.25) is 5.02 Å². The van der Waals surface area contributed by atoms with E-state index in [-0.39, 0.29) is 28.9 Å². The van der Waals surface area contributed by atoms with Crippen LogP contribution in [0.1, 0.15) is 32.2 Å². The lowest BCUT2D eigenvalue weighted by Crippen LogP contribution is -2.19. The summed E-state index contributed by atoms with van der Waals surface area (Å²) in [5, 5.41) is 0.432. The van der Waals surface area contributed by atoms with Gasteiger partial charge in [-0.2, -0.15) is 0 Å². The van der Waals surface area contributed by atoms with Gasteiger partial charge in [-0.05, 0) is 18.2 Å². The van der Waals surface area contributed by atoms with Crippen LogP contribution in [0.4, 0.5) is 0 Å². The summed E-state index contributed by atoms with van der Waals surface area (Å²) in [5.41, 5.74) is 1.20. The number of nitrogens with zero attached hydrogens (tertiary/aromatic N) is 1. The lowest BCUT2D eigenvalue weighted by Gasteiger charge is -2.10. The van der Waals surface area contributed by atoms with Crippen LogP contribution in [-0.4, -0.2) is 23.7 Å². The molecule has 0 saturated carbocycles. The first-order valence-electron chi connectivity index (χ1n) is 7.12. The third-order valence-electron chi connectivity index (χ3n) is 3.82. The van der Waals surface area contributed by atoms with E-state index in [1.807, 2.05) is 0 Å². The Labute approximate surface area is 141 Å². The number of methoxy groups -OCH3 is 1. The van der Waals surface area contributed by atoms with Crippen molar-refractivity contribution in [3.05, 3.63) is 70.1 Å². The van der Waals surface area contributed by atoms with E-state index in [1.54, 1.807) is 42.5 Å². The Kier molecular flexibility index (Phi) is 3.25. The average Bonchev–Trinajstić information content (AvgIpc) is 3.05. The molecule has 6 heteroatoms. The SMILES string of the molecule is COc1cc(Cl)cc(-c2nc3c(o2)C(=O)c2ccccc2C3=O)c1. The van der Waals surface area contributed by atoms with E-state index in [2.05, 4.69) is 4.98 Å². The fraction of sp³-hybridized carbons (Fsp3) is 0.0556. The largest absolute Gasteiger partial charge is 0.497 e. The average molecular weight is 340 g/mol. The maximum atomic E-state index is 12.6. The summed E-state index contributed by atoms with van der Waals surface area (Å²) in [4.78, 5) is 29.3. The Hall–Kier alpha value is -2.92. The number of ether oxygens (including phenoxy) is 1. The molecule has 0 N–H and O–H groups in total. The highest BCUT2D eigenvalue weighted by molar-refractivity contribution is 6.31. The first kappa shape index (κ1) is 14.7. The summed E-state index contributed by atoms with van der Waals surface area (Å²) in [5.74, 6) is -0.0605. The number of oxazole rings is 1. The van der Waals surface area contributed by atoms with Crippen LogP contribution >= 0.6 is 11.6 Å². The Bertz CT molecular complexity index is 954. The quantitative estimate of drug-likeness (QED) is 0.556. The predicted molar refractivity (Wildman–Crippen MR) is 86.8 cm³/mol. The van der Waals surface area contributed by atoms with Crippen LogP contribution < -0.4 is 4.74 Å². The molecule has 0 unspecified atom stereocenters. The molecule has 5 nitrogen and oxygen atoms in total. The van der Waals surface area contributed by atoms with Gasteiger partial charge in [0.25, 0.3) is 0 Å². The molecular weight excluding hydrogens is 330 g/mol. The topological polar surface area (TPSA) is 69.4 Å². The molecule has 2 aromatic carbocycles. The standard InChI is InChI=1S/C18H10ClNO4/c1-23-11-7-9(6-10(19)8-11)18-20-14-15(21)12-4-2-3-5-13(12)16(22)17(14)24-18/h2-8H,1H3. The third-order valence-corrected chi connectivity index (χ3v) is 4.04. The van der Waals surface area contributed by atoms with Crippen molar-refractivity contribution in [1.82, 2.24) is 4.98 Å². The van der Waals surface area contributed by atoms with Gasteiger partial charge in [0.2, 0.25) is 23.2 Å². The molecule has 1 aromatic heterocycles. The fourth-order valence-electron chi connectivity index (χ4n) is 2.68. The van der Waals surface area contributed by atoms with E-state index in [1.165, 1.54) is 7.11 Å². The molecule has 118 valence electrons.